The summed E-state index contributed by atoms with van der Waals surface area (Å²) in [5.41, 5.74) is 8.86. The van der Waals surface area contributed by atoms with Crippen molar-refractivity contribution in [3.63, 3.8) is 0 Å². The minimum absolute atomic E-state index is 0.0837. The molecule has 0 aliphatic heterocycles. The van der Waals surface area contributed by atoms with Gasteiger partial charge in [0.25, 0.3) is 5.56 Å². The molecule has 2 aromatic heterocycles. The van der Waals surface area contributed by atoms with E-state index in [1.165, 1.54) is 4.57 Å². The maximum atomic E-state index is 14.2. The number of aromatic nitrogens is 4. The number of carbonyl (C=O) groups excluding carboxylic acids is 2. The Morgan fingerprint density at radius 3 is 2.11 bits per heavy atom. The molecule has 1 aliphatic carbocycles. The Balaban J connectivity index is 1.13. The summed E-state index contributed by atoms with van der Waals surface area (Å²) >= 11 is 3.56. The first-order valence-electron chi connectivity index (χ1n) is 17.5. The van der Waals surface area contributed by atoms with E-state index >= 15 is 0 Å². The van der Waals surface area contributed by atoms with Gasteiger partial charge in [-0.1, -0.05) is 78.0 Å². The van der Waals surface area contributed by atoms with Crippen LogP contribution in [0, 0.1) is 20.8 Å². The van der Waals surface area contributed by atoms with Gasteiger partial charge in [0.1, 0.15) is 24.1 Å². The molecule has 0 saturated heterocycles. The number of amides is 2. The highest BCUT2D eigenvalue weighted by Crippen LogP contribution is 2.44. The standard InChI is InChI=1S/C42H39BrN6O5/c1-25-37(43)23-48(22-29-15-19-31(53-4)20-16-29)41(51)39(25)45-40(50)38(21-28-13-17-30(18-14-28)49-27(3)26(2)46-47-49)44-42(52)54-24-36-34-11-7-5-9-32(34)33-10-6-8-12-35(33)36/h5-20,23,36,38H,21-22,24H2,1-4H3,(H,44,52)(H,45,50). The number of hydrogen-bond acceptors (Lipinski definition) is 7. The molecule has 2 amide bonds. The first-order chi connectivity index (χ1) is 26.1. The molecule has 4 aromatic carbocycles. The fourth-order valence-electron chi connectivity index (χ4n) is 6.77. The van der Waals surface area contributed by atoms with Gasteiger partial charge in [-0.15, -0.1) is 5.10 Å². The van der Waals surface area contributed by atoms with Crippen LogP contribution in [0.2, 0.25) is 0 Å². The van der Waals surface area contributed by atoms with E-state index in [2.05, 4.69) is 49.0 Å². The number of alkyl carbamates (subject to hydrolysis) is 1. The minimum atomic E-state index is -1.09. The highest BCUT2D eigenvalue weighted by molar-refractivity contribution is 9.10. The zero-order chi connectivity index (χ0) is 37.9. The Morgan fingerprint density at radius 1 is 0.870 bits per heavy atom. The van der Waals surface area contributed by atoms with Crippen molar-refractivity contribution in [3.05, 3.63) is 157 Å². The van der Waals surface area contributed by atoms with Gasteiger partial charge in [-0.2, -0.15) is 0 Å². The zero-order valence-corrected chi connectivity index (χ0v) is 31.9. The zero-order valence-electron chi connectivity index (χ0n) is 30.3. The molecule has 12 heteroatoms. The second-order valence-corrected chi connectivity index (χ2v) is 14.2. The summed E-state index contributed by atoms with van der Waals surface area (Å²) < 4.78 is 15.0. The van der Waals surface area contributed by atoms with Crippen molar-refractivity contribution in [2.45, 2.75) is 45.7 Å². The molecule has 54 heavy (non-hydrogen) atoms. The van der Waals surface area contributed by atoms with Gasteiger partial charge < -0.3 is 24.7 Å². The van der Waals surface area contributed by atoms with Gasteiger partial charge in [-0.3, -0.25) is 9.59 Å². The Kier molecular flexibility index (Phi) is 10.5. The molecule has 0 saturated carbocycles. The van der Waals surface area contributed by atoms with Gasteiger partial charge in [0, 0.05) is 23.0 Å². The molecule has 7 rings (SSSR count). The number of carbonyl (C=O) groups is 2. The predicted molar refractivity (Wildman–Crippen MR) is 210 cm³/mol. The molecule has 274 valence electrons. The molecular weight excluding hydrogens is 748 g/mol. The molecule has 0 bridgehead atoms. The Morgan fingerprint density at radius 2 is 1.50 bits per heavy atom. The minimum Gasteiger partial charge on any atom is -0.497 e. The van der Waals surface area contributed by atoms with E-state index in [1.54, 1.807) is 24.9 Å². The van der Waals surface area contributed by atoms with Crippen LogP contribution in [0.15, 0.2) is 113 Å². The lowest BCUT2D eigenvalue weighted by atomic mass is 9.98. The number of fused-ring (bicyclic) bond motifs is 3. The molecular formula is C42H39BrN6O5. The monoisotopic (exact) mass is 786 g/mol. The van der Waals surface area contributed by atoms with Crippen molar-refractivity contribution in [2.75, 3.05) is 19.0 Å². The third kappa shape index (κ3) is 7.42. The van der Waals surface area contributed by atoms with E-state index in [-0.39, 0.29) is 36.7 Å². The lowest BCUT2D eigenvalue weighted by Crippen LogP contribution is -2.46. The van der Waals surface area contributed by atoms with Crippen molar-refractivity contribution >= 4 is 33.6 Å². The Hall–Kier alpha value is -6.01. The highest BCUT2D eigenvalue weighted by atomic mass is 79.9. The highest BCUT2D eigenvalue weighted by Gasteiger charge is 2.30. The first-order valence-corrected chi connectivity index (χ1v) is 18.3. The van der Waals surface area contributed by atoms with Crippen molar-refractivity contribution < 1.29 is 19.1 Å². The first kappa shape index (κ1) is 36.4. The molecule has 2 N–H and O–H groups in total. The summed E-state index contributed by atoms with van der Waals surface area (Å²) in [6.07, 6.45) is 1.08. The van der Waals surface area contributed by atoms with Crippen LogP contribution < -0.4 is 20.9 Å². The smallest absolute Gasteiger partial charge is 0.407 e. The molecule has 6 aromatic rings. The molecule has 0 fully saturated rings. The number of aryl methyl sites for hydroxylation is 1. The van der Waals surface area contributed by atoms with Crippen molar-refractivity contribution in [1.29, 1.82) is 0 Å². The van der Waals surface area contributed by atoms with Crippen LogP contribution in [-0.2, 0) is 22.5 Å². The van der Waals surface area contributed by atoms with E-state index < -0.39 is 18.0 Å². The lowest BCUT2D eigenvalue weighted by Gasteiger charge is -2.21. The normalized spacial score (nSPS) is 12.5. The third-order valence-electron chi connectivity index (χ3n) is 9.94. The number of nitrogens with zero attached hydrogens (tertiary/aromatic N) is 4. The van der Waals surface area contributed by atoms with Crippen LogP contribution in [0.3, 0.4) is 0 Å². The van der Waals surface area contributed by atoms with Crippen LogP contribution in [0.5, 0.6) is 5.75 Å². The molecule has 0 radical (unpaired) electrons. The maximum Gasteiger partial charge on any atom is 0.407 e. The summed E-state index contributed by atoms with van der Waals surface area (Å²) in [4.78, 5) is 41.5. The fourth-order valence-corrected chi connectivity index (χ4v) is 7.21. The topological polar surface area (TPSA) is 129 Å². The molecule has 11 nitrogen and oxygen atoms in total. The van der Waals surface area contributed by atoms with E-state index in [1.807, 2.05) is 98.8 Å². The second kappa shape index (κ2) is 15.5. The van der Waals surface area contributed by atoms with E-state index in [0.717, 1.165) is 50.5 Å². The predicted octanol–water partition coefficient (Wildman–Crippen LogP) is 7.26. The van der Waals surface area contributed by atoms with Crippen LogP contribution in [0.25, 0.3) is 16.8 Å². The number of halogens is 1. The summed E-state index contributed by atoms with van der Waals surface area (Å²) in [6, 6.07) is 30.0. The fraction of sp³-hybridized carbons (Fsp3) is 0.214. The van der Waals surface area contributed by atoms with Crippen LogP contribution in [0.4, 0.5) is 10.5 Å². The quantitative estimate of drug-likeness (QED) is 0.142. The molecule has 1 aliphatic rings. The average molecular weight is 788 g/mol. The molecule has 2 heterocycles. The molecule has 0 spiro atoms. The lowest BCUT2D eigenvalue weighted by molar-refractivity contribution is -0.118. The van der Waals surface area contributed by atoms with Crippen LogP contribution in [-0.4, -0.2) is 51.3 Å². The van der Waals surface area contributed by atoms with Crippen LogP contribution >= 0.6 is 15.9 Å². The third-order valence-corrected chi connectivity index (χ3v) is 10.7. The number of hydrogen-bond donors (Lipinski definition) is 2. The number of ether oxygens (including phenoxy) is 2. The van der Waals surface area contributed by atoms with E-state index in [0.29, 0.717) is 15.8 Å². The van der Waals surface area contributed by atoms with Gasteiger partial charge >= 0.3 is 6.09 Å². The summed E-state index contributed by atoms with van der Waals surface area (Å²) in [5.74, 6) is -0.0118. The summed E-state index contributed by atoms with van der Waals surface area (Å²) in [5, 5.41) is 14.0. The summed E-state index contributed by atoms with van der Waals surface area (Å²) in [6.45, 7) is 5.94. The van der Waals surface area contributed by atoms with Gasteiger partial charge in [-0.25, -0.2) is 9.48 Å². The van der Waals surface area contributed by atoms with Gasteiger partial charge in [0.2, 0.25) is 5.91 Å². The van der Waals surface area contributed by atoms with Crippen molar-refractivity contribution in [3.8, 4) is 22.6 Å². The van der Waals surface area contributed by atoms with Crippen molar-refractivity contribution in [2.24, 2.45) is 0 Å². The van der Waals surface area contributed by atoms with Gasteiger partial charge in [0.15, 0.2) is 0 Å². The van der Waals surface area contributed by atoms with Gasteiger partial charge in [0.05, 0.1) is 30.7 Å². The Bertz CT molecular complexity index is 2360. The second-order valence-electron chi connectivity index (χ2n) is 13.3. The number of benzene rings is 4. The van der Waals surface area contributed by atoms with Gasteiger partial charge in [-0.05, 0) is 99.9 Å². The van der Waals surface area contributed by atoms with Crippen LogP contribution in [0.1, 0.15) is 45.1 Å². The molecule has 1 unspecified atom stereocenters. The number of nitrogens with one attached hydrogen (secondary N) is 2. The SMILES string of the molecule is COc1ccc(Cn2cc(Br)c(C)c(NC(=O)C(Cc3ccc(-n4nnc(C)c4C)cc3)NC(=O)OCC3c4ccccc4-c4ccccc43)c2=O)cc1. The Labute approximate surface area is 321 Å². The number of anilines is 1. The number of methoxy groups -OCH3 is 1. The maximum absolute atomic E-state index is 14.2. The number of rotatable bonds is 11. The molecule has 1 atom stereocenters. The largest absolute Gasteiger partial charge is 0.497 e. The summed E-state index contributed by atoms with van der Waals surface area (Å²) in [7, 11) is 1.59. The number of pyridine rings is 1. The van der Waals surface area contributed by atoms with E-state index in [9.17, 15) is 14.4 Å². The van der Waals surface area contributed by atoms with E-state index in [4.69, 9.17) is 9.47 Å². The average Bonchev–Trinajstić information content (AvgIpc) is 3.70. The van der Waals surface area contributed by atoms with Crippen molar-refractivity contribution in [1.82, 2.24) is 24.9 Å².